The highest BCUT2D eigenvalue weighted by Gasteiger charge is 2.36. The van der Waals surface area contributed by atoms with Crippen molar-refractivity contribution >= 4 is 11.9 Å². The molecule has 7 heteroatoms. The highest BCUT2D eigenvalue weighted by Crippen LogP contribution is 2.25. The van der Waals surface area contributed by atoms with Gasteiger partial charge in [-0.1, -0.05) is 13.0 Å². The Morgan fingerprint density at radius 2 is 2.11 bits per heavy atom. The first-order valence-corrected chi connectivity index (χ1v) is 10.3. The zero-order valence-electron chi connectivity index (χ0n) is 17.2. The van der Waals surface area contributed by atoms with Crippen molar-refractivity contribution in [2.24, 2.45) is 16.8 Å². The first-order valence-electron chi connectivity index (χ1n) is 10.3. The van der Waals surface area contributed by atoms with Crippen LogP contribution in [0.15, 0.2) is 23.3 Å². The molecule has 1 saturated heterocycles. The van der Waals surface area contributed by atoms with Crippen LogP contribution in [-0.4, -0.2) is 54.7 Å². The third-order valence-electron chi connectivity index (χ3n) is 5.55. The van der Waals surface area contributed by atoms with Crippen molar-refractivity contribution in [1.82, 2.24) is 15.2 Å². The summed E-state index contributed by atoms with van der Waals surface area (Å²) in [6.45, 7) is 6.86. The summed E-state index contributed by atoms with van der Waals surface area (Å²) in [7, 11) is 1.45. The van der Waals surface area contributed by atoms with E-state index in [1.807, 2.05) is 25.3 Å². The van der Waals surface area contributed by atoms with Gasteiger partial charge in [-0.05, 0) is 44.1 Å². The van der Waals surface area contributed by atoms with Gasteiger partial charge in [0.2, 0.25) is 5.88 Å². The number of esters is 1. The van der Waals surface area contributed by atoms with E-state index in [4.69, 9.17) is 14.5 Å². The summed E-state index contributed by atoms with van der Waals surface area (Å²) in [5, 5.41) is 3.33. The van der Waals surface area contributed by atoms with Gasteiger partial charge < -0.3 is 19.7 Å². The summed E-state index contributed by atoms with van der Waals surface area (Å²) >= 11 is 0. The summed E-state index contributed by atoms with van der Waals surface area (Å²) in [5.41, 5.74) is 1.03. The number of methoxy groups -OCH3 is 1. The molecule has 28 heavy (non-hydrogen) atoms. The number of nitrogens with one attached hydrogen (secondary N) is 1. The van der Waals surface area contributed by atoms with Crippen molar-refractivity contribution in [3.63, 3.8) is 0 Å². The lowest BCUT2D eigenvalue weighted by molar-refractivity contribution is -0.145. The molecule has 2 unspecified atom stereocenters. The molecule has 1 aliphatic heterocycles. The molecule has 1 aromatic rings. The van der Waals surface area contributed by atoms with Crippen LogP contribution in [0.5, 0.6) is 5.88 Å². The molecule has 0 radical (unpaired) electrons. The normalized spacial score (nSPS) is 23.1. The minimum absolute atomic E-state index is 0.109. The first-order chi connectivity index (χ1) is 13.6. The average Bonchev–Trinajstić information content (AvgIpc) is 3.35. The van der Waals surface area contributed by atoms with E-state index in [0.717, 1.165) is 37.5 Å². The summed E-state index contributed by atoms with van der Waals surface area (Å²) in [6, 6.07) is 3.95. The number of hydrogen-bond donors (Lipinski definition) is 1. The molecule has 1 saturated carbocycles. The second kappa shape index (κ2) is 9.75. The van der Waals surface area contributed by atoms with Crippen LogP contribution in [0.1, 0.15) is 45.1 Å². The number of aromatic nitrogens is 1. The highest BCUT2D eigenvalue weighted by atomic mass is 16.5. The fraction of sp³-hybridized carbons (Fsp3) is 0.667. The molecule has 7 nitrogen and oxygen atoms in total. The van der Waals surface area contributed by atoms with Gasteiger partial charge in [-0.3, -0.25) is 4.79 Å². The Hall–Kier alpha value is -2.31. The minimum atomic E-state index is -0.145. The van der Waals surface area contributed by atoms with Crippen LogP contribution in [0.2, 0.25) is 0 Å². The number of likely N-dealkylation sites (tertiary alicyclic amines) is 1. The van der Waals surface area contributed by atoms with Gasteiger partial charge >= 0.3 is 5.97 Å². The molecule has 2 fully saturated rings. The number of rotatable bonds is 6. The molecule has 0 spiro atoms. The summed E-state index contributed by atoms with van der Waals surface area (Å²) in [5.74, 6) is 1.51. The van der Waals surface area contributed by atoms with E-state index in [0.29, 0.717) is 25.1 Å². The van der Waals surface area contributed by atoms with Gasteiger partial charge in [0.15, 0.2) is 5.96 Å². The first kappa shape index (κ1) is 20.4. The number of pyridine rings is 1. The molecular formula is C21H32N4O3. The van der Waals surface area contributed by atoms with Gasteiger partial charge in [0, 0.05) is 31.9 Å². The maximum absolute atomic E-state index is 12.0. The lowest BCUT2D eigenvalue weighted by Gasteiger charge is -2.21. The molecule has 1 aromatic heterocycles. The Kier molecular flexibility index (Phi) is 7.12. The van der Waals surface area contributed by atoms with E-state index in [2.05, 4.69) is 22.1 Å². The van der Waals surface area contributed by atoms with Crippen LogP contribution in [0, 0.1) is 11.8 Å². The molecule has 0 bridgehead atoms. The summed E-state index contributed by atoms with van der Waals surface area (Å²) < 4.78 is 10.9. The van der Waals surface area contributed by atoms with Crippen LogP contribution in [-0.2, 0) is 16.1 Å². The monoisotopic (exact) mass is 388 g/mol. The Morgan fingerprint density at radius 1 is 1.32 bits per heavy atom. The molecule has 0 aromatic carbocycles. The molecule has 2 heterocycles. The zero-order chi connectivity index (χ0) is 19.9. The number of aliphatic imine (C=N–C) groups is 1. The fourth-order valence-corrected chi connectivity index (χ4v) is 3.94. The van der Waals surface area contributed by atoms with Gasteiger partial charge in [0.1, 0.15) is 6.10 Å². The molecule has 0 amide bonds. The largest absolute Gasteiger partial charge is 0.474 e. The average molecular weight is 389 g/mol. The SMILES string of the molecule is CCNC(=NCc1ccc(OC2CCCC2)nc1)N1CC(C)C(C(=O)OC)C1. The van der Waals surface area contributed by atoms with E-state index >= 15 is 0 Å². The van der Waals surface area contributed by atoms with E-state index in [-0.39, 0.29) is 17.8 Å². The second-order valence-corrected chi connectivity index (χ2v) is 7.71. The van der Waals surface area contributed by atoms with Crippen molar-refractivity contribution in [1.29, 1.82) is 0 Å². The van der Waals surface area contributed by atoms with Crippen LogP contribution in [0.4, 0.5) is 0 Å². The Bertz CT molecular complexity index is 671. The lowest BCUT2D eigenvalue weighted by atomic mass is 9.99. The number of nitrogens with zero attached hydrogens (tertiary/aromatic N) is 3. The highest BCUT2D eigenvalue weighted by molar-refractivity contribution is 5.82. The maximum Gasteiger partial charge on any atom is 0.310 e. The molecule has 154 valence electrons. The van der Waals surface area contributed by atoms with E-state index in [9.17, 15) is 4.79 Å². The smallest absolute Gasteiger partial charge is 0.310 e. The second-order valence-electron chi connectivity index (χ2n) is 7.71. The maximum atomic E-state index is 12.0. The molecule has 1 aliphatic carbocycles. The topological polar surface area (TPSA) is 76.1 Å². The van der Waals surface area contributed by atoms with E-state index < -0.39 is 0 Å². The Labute approximate surface area is 167 Å². The van der Waals surface area contributed by atoms with Gasteiger partial charge in [-0.25, -0.2) is 9.98 Å². The lowest BCUT2D eigenvalue weighted by Crippen LogP contribution is -2.40. The number of carbonyl (C=O) groups is 1. The Balaban J connectivity index is 1.60. The van der Waals surface area contributed by atoms with Gasteiger partial charge in [-0.15, -0.1) is 0 Å². The standard InChI is InChI=1S/C21H32N4O3/c1-4-22-21(25-13-15(2)18(14-25)20(26)27-3)24-12-16-9-10-19(23-11-16)28-17-7-5-6-8-17/h9-11,15,17-18H,4-8,12-14H2,1-3H3,(H,22,24). The van der Waals surface area contributed by atoms with Crippen molar-refractivity contribution in [3.8, 4) is 5.88 Å². The third-order valence-corrected chi connectivity index (χ3v) is 5.55. The summed E-state index contributed by atoms with van der Waals surface area (Å²) in [6.07, 6.45) is 6.90. The van der Waals surface area contributed by atoms with Gasteiger partial charge in [-0.2, -0.15) is 0 Å². The third kappa shape index (κ3) is 5.14. The van der Waals surface area contributed by atoms with Crippen LogP contribution in [0.25, 0.3) is 0 Å². The number of carbonyl (C=O) groups excluding carboxylic acids is 1. The van der Waals surface area contributed by atoms with Crippen LogP contribution < -0.4 is 10.1 Å². The predicted octanol–water partition coefficient (Wildman–Crippen LogP) is 2.61. The number of hydrogen-bond acceptors (Lipinski definition) is 5. The van der Waals surface area contributed by atoms with E-state index in [1.165, 1.54) is 20.0 Å². The molecule has 2 atom stereocenters. The molecule has 1 N–H and O–H groups in total. The molecular weight excluding hydrogens is 356 g/mol. The number of ether oxygens (including phenoxy) is 2. The zero-order valence-corrected chi connectivity index (χ0v) is 17.2. The predicted molar refractivity (Wildman–Crippen MR) is 108 cm³/mol. The fourth-order valence-electron chi connectivity index (χ4n) is 3.94. The van der Waals surface area contributed by atoms with Crippen LogP contribution >= 0.6 is 0 Å². The quantitative estimate of drug-likeness (QED) is 0.459. The molecule has 3 rings (SSSR count). The van der Waals surface area contributed by atoms with Crippen molar-refractivity contribution < 1.29 is 14.3 Å². The van der Waals surface area contributed by atoms with Gasteiger partial charge in [0.25, 0.3) is 0 Å². The van der Waals surface area contributed by atoms with Crippen molar-refractivity contribution in [2.75, 3.05) is 26.7 Å². The number of guanidine groups is 1. The van der Waals surface area contributed by atoms with Crippen LogP contribution in [0.3, 0.4) is 0 Å². The van der Waals surface area contributed by atoms with E-state index in [1.54, 1.807) is 0 Å². The van der Waals surface area contributed by atoms with Crippen molar-refractivity contribution in [3.05, 3.63) is 23.9 Å². The molecule has 2 aliphatic rings. The minimum Gasteiger partial charge on any atom is -0.474 e. The summed E-state index contributed by atoms with van der Waals surface area (Å²) in [4.78, 5) is 23.3. The van der Waals surface area contributed by atoms with Crippen molar-refractivity contribution in [2.45, 2.75) is 52.2 Å². The Morgan fingerprint density at radius 3 is 2.75 bits per heavy atom. The van der Waals surface area contributed by atoms with Gasteiger partial charge in [0.05, 0.1) is 19.6 Å².